The summed E-state index contributed by atoms with van der Waals surface area (Å²) < 4.78 is 20.0. The number of ketones is 1. The lowest BCUT2D eigenvalue weighted by atomic mass is 10.1. The van der Waals surface area contributed by atoms with Crippen molar-refractivity contribution in [2.24, 2.45) is 0 Å². The van der Waals surface area contributed by atoms with Gasteiger partial charge in [-0.2, -0.15) is 0 Å². The van der Waals surface area contributed by atoms with E-state index in [9.17, 15) is 9.59 Å². The smallest absolute Gasteiger partial charge is 0.384 e. The number of rotatable bonds is 5. The van der Waals surface area contributed by atoms with Crippen LogP contribution in [0.2, 0.25) is 0 Å². The Labute approximate surface area is 122 Å². The summed E-state index contributed by atoms with van der Waals surface area (Å²) in [6.45, 7) is 1.85. The van der Waals surface area contributed by atoms with Crippen molar-refractivity contribution in [1.82, 2.24) is 0 Å². The molecule has 1 aromatic carbocycles. The molecule has 0 bridgehead atoms. The molecule has 0 N–H and O–H groups in total. The van der Waals surface area contributed by atoms with Gasteiger partial charge < -0.3 is 18.9 Å². The molecule has 1 aromatic rings. The Morgan fingerprint density at radius 3 is 2.00 bits per heavy atom. The summed E-state index contributed by atoms with van der Waals surface area (Å²) >= 11 is 0. The van der Waals surface area contributed by atoms with Crippen molar-refractivity contribution in [2.45, 2.75) is 6.92 Å². The van der Waals surface area contributed by atoms with Crippen molar-refractivity contribution in [1.29, 1.82) is 0 Å². The van der Waals surface area contributed by atoms with E-state index in [0.717, 1.165) is 0 Å². The van der Waals surface area contributed by atoms with E-state index in [1.807, 2.05) is 0 Å². The van der Waals surface area contributed by atoms with Gasteiger partial charge in [0.2, 0.25) is 11.5 Å². The maximum absolute atomic E-state index is 12.0. The highest BCUT2D eigenvalue weighted by atomic mass is 16.5. The van der Waals surface area contributed by atoms with Gasteiger partial charge in [-0.15, -0.1) is 0 Å². The molecule has 0 aromatic heterocycles. The summed E-state index contributed by atoms with van der Waals surface area (Å²) in [4.78, 5) is 23.1. The predicted molar refractivity (Wildman–Crippen MR) is 74.8 cm³/mol. The summed E-state index contributed by atoms with van der Waals surface area (Å²) in [5, 5.41) is 0. The Hall–Kier alpha value is -2.68. The SMILES string of the molecule is CCOC(=O)C#CC(=O)c1cc(OC)c(OC)c(OC)c1. The maximum Gasteiger partial charge on any atom is 0.384 e. The molecule has 0 radical (unpaired) electrons. The molecule has 0 unspecified atom stereocenters. The number of methoxy groups -OCH3 is 3. The molecule has 0 heterocycles. The van der Waals surface area contributed by atoms with Crippen LogP contribution in [-0.2, 0) is 9.53 Å². The summed E-state index contributed by atoms with van der Waals surface area (Å²) in [5.74, 6) is 4.05. The van der Waals surface area contributed by atoms with Crippen LogP contribution in [0.25, 0.3) is 0 Å². The van der Waals surface area contributed by atoms with Crippen LogP contribution in [0.5, 0.6) is 17.2 Å². The van der Waals surface area contributed by atoms with Crippen LogP contribution in [0, 0.1) is 11.8 Å². The lowest BCUT2D eigenvalue weighted by molar-refractivity contribution is -0.136. The first-order valence-corrected chi connectivity index (χ1v) is 6.10. The number of hydrogen-bond donors (Lipinski definition) is 0. The van der Waals surface area contributed by atoms with Crippen LogP contribution in [-0.4, -0.2) is 39.7 Å². The van der Waals surface area contributed by atoms with Crippen LogP contribution in [0.4, 0.5) is 0 Å². The molecular formula is C15H16O6. The fraction of sp³-hybridized carbons (Fsp3) is 0.333. The van der Waals surface area contributed by atoms with Crippen molar-refractivity contribution in [3.05, 3.63) is 17.7 Å². The molecule has 1 rings (SSSR count). The first kappa shape index (κ1) is 16.4. The van der Waals surface area contributed by atoms with Crippen LogP contribution >= 0.6 is 0 Å². The zero-order chi connectivity index (χ0) is 15.8. The fourth-order valence-corrected chi connectivity index (χ4v) is 1.56. The molecule has 0 amide bonds. The van der Waals surface area contributed by atoms with Gasteiger partial charge in [-0.1, -0.05) is 0 Å². The zero-order valence-corrected chi connectivity index (χ0v) is 12.3. The first-order valence-electron chi connectivity index (χ1n) is 6.10. The summed E-state index contributed by atoms with van der Waals surface area (Å²) in [7, 11) is 4.34. The van der Waals surface area contributed by atoms with Gasteiger partial charge in [-0.25, -0.2) is 4.79 Å². The third kappa shape index (κ3) is 4.14. The Morgan fingerprint density at radius 1 is 1.00 bits per heavy atom. The number of hydrogen-bond acceptors (Lipinski definition) is 6. The fourth-order valence-electron chi connectivity index (χ4n) is 1.56. The van der Waals surface area contributed by atoms with Gasteiger partial charge in [-0.05, 0) is 25.0 Å². The van der Waals surface area contributed by atoms with Gasteiger partial charge >= 0.3 is 5.97 Å². The standard InChI is InChI=1S/C15H16O6/c1-5-21-14(17)7-6-11(16)10-8-12(18-2)15(20-4)13(9-10)19-3/h8-9H,5H2,1-4H3. The van der Waals surface area contributed by atoms with Gasteiger partial charge in [0.1, 0.15) is 0 Å². The van der Waals surface area contributed by atoms with Gasteiger partial charge in [0, 0.05) is 11.5 Å². The van der Waals surface area contributed by atoms with E-state index in [0.29, 0.717) is 17.2 Å². The largest absolute Gasteiger partial charge is 0.493 e. The summed E-state index contributed by atoms with van der Waals surface area (Å²) in [6, 6.07) is 2.92. The number of carbonyl (C=O) groups is 2. The highest BCUT2D eigenvalue weighted by Crippen LogP contribution is 2.38. The second-order valence-electron chi connectivity index (χ2n) is 3.71. The van der Waals surface area contributed by atoms with Crippen LogP contribution in [0.15, 0.2) is 12.1 Å². The lowest BCUT2D eigenvalue weighted by Crippen LogP contribution is -2.03. The summed E-state index contributed by atoms with van der Waals surface area (Å²) in [6.07, 6.45) is 0. The van der Waals surface area contributed by atoms with E-state index in [1.54, 1.807) is 6.92 Å². The van der Waals surface area contributed by atoms with Crippen LogP contribution in [0.3, 0.4) is 0 Å². The first-order chi connectivity index (χ1) is 10.1. The van der Waals surface area contributed by atoms with Crippen molar-refractivity contribution < 1.29 is 28.5 Å². The Balaban J connectivity index is 3.13. The minimum absolute atomic E-state index is 0.200. The number of benzene rings is 1. The second kappa shape index (κ2) is 7.80. The topological polar surface area (TPSA) is 71.1 Å². The van der Waals surface area contributed by atoms with E-state index in [1.165, 1.54) is 33.5 Å². The van der Waals surface area contributed by atoms with E-state index >= 15 is 0 Å². The molecule has 0 fully saturated rings. The Bertz CT molecular complexity index is 569. The normalized spacial score (nSPS) is 9.14. The molecule has 0 aliphatic heterocycles. The van der Waals surface area contributed by atoms with Crippen molar-refractivity contribution in [3.63, 3.8) is 0 Å². The van der Waals surface area contributed by atoms with Crippen LogP contribution < -0.4 is 14.2 Å². The van der Waals surface area contributed by atoms with Gasteiger partial charge in [-0.3, -0.25) is 4.79 Å². The lowest BCUT2D eigenvalue weighted by Gasteiger charge is -2.12. The number of esters is 1. The average Bonchev–Trinajstić information content (AvgIpc) is 2.51. The van der Waals surface area contributed by atoms with Crippen molar-refractivity contribution in [3.8, 4) is 29.1 Å². The third-order valence-corrected chi connectivity index (χ3v) is 2.48. The van der Waals surface area contributed by atoms with Crippen molar-refractivity contribution >= 4 is 11.8 Å². The Kier molecular flexibility index (Phi) is 6.08. The quantitative estimate of drug-likeness (QED) is 0.269. The van der Waals surface area contributed by atoms with Gasteiger partial charge in [0.25, 0.3) is 0 Å². The molecule has 21 heavy (non-hydrogen) atoms. The van der Waals surface area contributed by atoms with Crippen LogP contribution in [0.1, 0.15) is 17.3 Å². The average molecular weight is 292 g/mol. The monoisotopic (exact) mass is 292 g/mol. The molecule has 0 saturated carbocycles. The molecule has 0 saturated heterocycles. The zero-order valence-electron chi connectivity index (χ0n) is 12.3. The second-order valence-corrected chi connectivity index (χ2v) is 3.71. The van der Waals surface area contributed by atoms with E-state index in [-0.39, 0.29) is 12.2 Å². The van der Waals surface area contributed by atoms with E-state index in [2.05, 4.69) is 16.6 Å². The summed E-state index contributed by atoms with van der Waals surface area (Å²) in [5.41, 5.74) is 0.223. The molecule has 0 aliphatic carbocycles. The highest BCUT2D eigenvalue weighted by Gasteiger charge is 2.16. The molecule has 6 heteroatoms. The van der Waals surface area contributed by atoms with Gasteiger partial charge in [0.15, 0.2) is 11.5 Å². The predicted octanol–water partition coefficient (Wildman–Crippen LogP) is 1.46. The molecule has 0 atom stereocenters. The molecule has 0 aliphatic rings. The maximum atomic E-state index is 12.0. The minimum atomic E-state index is -0.752. The molecule has 6 nitrogen and oxygen atoms in total. The number of ether oxygens (including phenoxy) is 4. The van der Waals surface area contributed by atoms with E-state index in [4.69, 9.17) is 14.2 Å². The van der Waals surface area contributed by atoms with Gasteiger partial charge in [0.05, 0.1) is 27.9 Å². The number of Topliss-reactive ketones (excluding diaryl/α,β-unsaturated/α-hetero) is 1. The number of carbonyl (C=O) groups excluding carboxylic acids is 2. The third-order valence-electron chi connectivity index (χ3n) is 2.48. The Morgan fingerprint density at radius 2 is 1.57 bits per heavy atom. The minimum Gasteiger partial charge on any atom is -0.493 e. The highest BCUT2D eigenvalue weighted by molar-refractivity contribution is 6.12. The van der Waals surface area contributed by atoms with Crippen molar-refractivity contribution in [2.75, 3.05) is 27.9 Å². The van der Waals surface area contributed by atoms with E-state index < -0.39 is 11.8 Å². The molecule has 0 spiro atoms. The molecule has 112 valence electrons. The molecular weight excluding hydrogens is 276 g/mol.